The number of unbranched alkanes of at least 4 members (excludes halogenated alkanes) is 15. The number of nitrogens with zero attached hydrogens (tertiary/aromatic N) is 2. The van der Waals surface area contributed by atoms with Crippen LogP contribution >= 0.6 is 0 Å². The molecular weight excluding hydrogens is 352 g/mol. The van der Waals surface area contributed by atoms with Crippen LogP contribution in [-0.4, -0.2) is 4.57 Å². The molecule has 29 heavy (non-hydrogen) atoms. The van der Waals surface area contributed by atoms with E-state index in [-0.39, 0.29) is 0 Å². The highest BCUT2D eigenvalue weighted by atomic mass is 15.1. The first-order valence-electron chi connectivity index (χ1n) is 13.4. The van der Waals surface area contributed by atoms with Crippen LogP contribution in [0.2, 0.25) is 0 Å². The lowest BCUT2D eigenvalue weighted by Crippen LogP contribution is -2.37. The maximum atomic E-state index is 2.59. The molecule has 0 saturated heterocycles. The quantitative estimate of drug-likeness (QED) is 0.143. The summed E-state index contributed by atoms with van der Waals surface area (Å²) in [5.41, 5.74) is 0. The lowest BCUT2D eigenvalue weighted by atomic mass is 10.1. The molecule has 0 atom stereocenters. The Bertz CT molecular complexity index is 463. The molecule has 0 aliphatic heterocycles. The minimum Gasteiger partial charge on any atom is -0.234 e. The van der Waals surface area contributed by atoms with Crippen molar-refractivity contribution in [3.05, 3.63) is 18.2 Å². The van der Waals surface area contributed by atoms with Crippen LogP contribution in [0.5, 0.6) is 0 Å². The summed E-state index contributed by atoms with van der Waals surface area (Å²) in [6.45, 7) is 9.36. The van der Waals surface area contributed by atoms with Crippen LogP contribution in [0, 0.1) is 0 Å². The Morgan fingerprint density at radius 2 is 1.07 bits per heavy atom. The summed E-state index contributed by atoms with van der Waals surface area (Å²) in [6.07, 6.45) is 31.0. The smallest absolute Gasteiger partial charge is 0.234 e. The molecule has 2 nitrogen and oxygen atoms in total. The van der Waals surface area contributed by atoms with Gasteiger partial charge in [0.2, 0.25) is 0 Å². The van der Waals surface area contributed by atoms with E-state index in [9.17, 15) is 0 Å². The van der Waals surface area contributed by atoms with E-state index < -0.39 is 0 Å². The molecule has 2 heteroatoms. The van der Waals surface area contributed by atoms with E-state index in [4.69, 9.17) is 0 Å². The van der Waals surface area contributed by atoms with Crippen molar-refractivity contribution in [2.45, 2.75) is 156 Å². The van der Waals surface area contributed by atoms with Crippen LogP contribution in [0.1, 0.15) is 142 Å². The largest absolute Gasteiger partial charge is 0.256 e. The van der Waals surface area contributed by atoms with Crippen molar-refractivity contribution in [1.29, 1.82) is 0 Å². The van der Waals surface area contributed by atoms with Crippen molar-refractivity contribution in [3.8, 4) is 0 Å². The standard InChI is InChI=1S/C27H53N2/c1-4-7-10-13-15-18-21-24-29-26-25-28(23-20-17-14-11-8-5-2)27(29)22-19-16-12-9-6-3/h25-26H,4-24H2,1-3H3/q+1. The van der Waals surface area contributed by atoms with Crippen LogP contribution in [0.15, 0.2) is 12.4 Å². The van der Waals surface area contributed by atoms with Gasteiger partial charge in [0.15, 0.2) is 0 Å². The molecule has 0 saturated carbocycles. The molecule has 0 fully saturated rings. The number of aromatic nitrogens is 2. The number of hydrogen-bond acceptors (Lipinski definition) is 0. The highest BCUT2D eigenvalue weighted by Crippen LogP contribution is 2.12. The average molecular weight is 406 g/mol. The summed E-state index contributed by atoms with van der Waals surface area (Å²) >= 11 is 0. The monoisotopic (exact) mass is 405 g/mol. The van der Waals surface area contributed by atoms with Crippen LogP contribution in [0.25, 0.3) is 0 Å². The van der Waals surface area contributed by atoms with Gasteiger partial charge in [0, 0.05) is 6.42 Å². The zero-order valence-electron chi connectivity index (χ0n) is 20.4. The Kier molecular flexibility index (Phi) is 17.4. The molecule has 0 aromatic carbocycles. The number of imidazole rings is 1. The molecule has 0 bridgehead atoms. The maximum absolute atomic E-state index is 2.59. The number of aryl methyl sites for hydroxylation is 2. The first-order chi connectivity index (χ1) is 14.3. The fourth-order valence-corrected chi connectivity index (χ4v) is 4.38. The zero-order chi connectivity index (χ0) is 21.0. The van der Waals surface area contributed by atoms with Crippen molar-refractivity contribution in [2.24, 2.45) is 0 Å². The van der Waals surface area contributed by atoms with E-state index in [0.29, 0.717) is 0 Å². The first-order valence-corrected chi connectivity index (χ1v) is 13.4. The Balaban J connectivity index is 2.42. The van der Waals surface area contributed by atoms with Crippen molar-refractivity contribution in [1.82, 2.24) is 4.57 Å². The minimum atomic E-state index is 1.22. The molecule has 0 N–H and O–H groups in total. The van der Waals surface area contributed by atoms with Gasteiger partial charge in [-0.2, -0.15) is 0 Å². The Hall–Kier alpha value is -0.790. The minimum absolute atomic E-state index is 1.22. The molecule has 1 heterocycles. The highest BCUT2D eigenvalue weighted by Gasteiger charge is 2.16. The topological polar surface area (TPSA) is 8.81 Å². The summed E-state index contributed by atoms with van der Waals surface area (Å²) in [4.78, 5) is 0. The summed E-state index contributed by atoms with van der Waals surface area (Å²) in [5.74, 6) is 1.60. The van der Waals surface area contributed by atoms with Gasteiger partial charge < -0.3 is 0 Å². The molecule has 0 spiro atoms. The maximum Gasteiger partial charge on any atom is 0.256 e. The van der Waals surface area contributed by atoms with E-state index in [0.717, 1.165) is 0 Å². The van der Waals surface area contributed by atoms with E-state index in [1.54, 1.807) is 5.82 Å². The second-order valence-corrected chi connectivity index (χ2v) is 9.15. The Morgan fingerprint density at radius 1 is 0.586 bits per heavy atom. The molecule has 1 aromatic heterocycles. The van der Waals surface area contributed by atoms with Gasteiger partial charge >= 0.3 is 0 Å². The normalized spacial score (nSPS) is 11.4. The van der Waals surface area contributed by atoms with Crippen LogP contribution in [0.4, 0.5) is 0 Å². The van der Waals surface area contributed by atoms with Crippen LogP contribution < -0.4 is 4.57 Å². The van der Waals surface area contributed by atoms with Crippen LogP contribution in [0.3, 0.4) is 0 Å². The second-order valence-electron chi connectivity index (χ2n) is 9.15. The summed E-state index contributed by atoms with van der Waals surface area (Å²) < 4.78 is 5.17. The van der Waals surface area contributed by atoms with Gasteiger partial charge in [-0.25, -0.2) is 9.13 Å². The Labute approximate surface area is 183 Å². The van der Waals surface area contributed by atoms with E-state index in [1.807, 2.05) is 0 Å². The van der Waals surface area contributed by atoms with Crippen LogP contribution in [-0.2, 0) is 19.5 Å². The third-order valence-corrected chi connectivity index (χ3v) is 6.35. The van der Waals surface area contributed by atoms with Gasteiger partial charge in [-0.1, -0.05) is 104 Å². The highest BCUT2D eigenvalue weighted by molar-refractivity contribution is 4.84. The predicted molar refractivity (Wildman–Crippen MR) is 128 cm³/mol. The van der Waals surface area contributed by atoms with Gasteiger partial charge in [-0.3, -0.25) is 0 Å². The molecule has 170 valence electrons. The first kappa shape index (κ1) is 26.2. The number of rotatable bonds is 21. The molecular formula is C27H53N2+. The van der Waals surface area contributed by atoms with E-state index in [1.165, 1.54) is 135 Å². The van der Waals surface area contributed by atoms with Gasteiger partial charge in [-0.15, -0.1) is 0 Å². The van der Waals surface area contributed by atoms with Crippen molar-refractivity contribution >= 4 is 0 Å². The van der Waals surface area contributed by atoms with Gasteiger partial charge in [-0.05, 0) is 32.1 Å². The molecule has 0 unspecified atom stereocenters. The molecule has 0 radical (unpaired) electrons. The van der Waals surface area contributed by atoms with Crippen molar-refractivity contribution in [3.63, 3.8) is 0 Å². The molecule has 0 aliphatic rings. The summed E-state index contributed by atoms with van der Waals surface area (Å²) in [7, 11) is 0. The second kappa shape index (κ2) is 19.2. The summed E-state index contributed by atoms with van der Waals surface area (Å²) in [5, 5.41) is 0. The van der Waals surface area contributed by atoms with E-state index in [2.05, 4.69) is 42.3 Å². The summed E-state index contributed by atoms with van der Waals surface area (Å²) in [6, 6.07) is 0. The fourth-order valence-electron chi connectivity index (χ4n) is 4.38. The molecule has 0 aliphatic carbocycles. The molecule has 1 rings (SSSR count). The Morgan fingerprint density at radius 3 is 1.66 bits per heavy atom. The SMILES string of the molecule is CCCCCCCCC[n+]1ccn(CCCCCCCC)c1CCCCCCC. The fraction of sp³-hybridized carbons (Fsp3) is 0.889. The zero-order valence-corrected chi connectivity index (χ0v) is 20.4. The average Bonchev–Trinajstić information content (AvgIpc) is 3.11. The van der Waals surface area contributed by atoms with Gasteiger partial charge in [0.05, 0.1) is 13.1 Å². The molecule has 1 aromatic rings. The number of hydrogen-bond donors (Lipinski definition) is 0. The van der Waals surface area contributed by atoms with Gasteiger partial charge in [0.1, 0.15) is 12.4 Å². The third-order valence-electron chi connectivity index (χ3n) is 6.35. The third kappa shape index (κ3) is 13.2. The lowest BCUT2D eigenvalue weighted by Gasteiger charge is -2.07. The van der Waals surface area contributed by atoms with Crippen molar-refractivity contribution < 1.29 is 4.57 Å². The predicted octanol–water partition coefficient (Wildman–Crippen LogP) is 8.40. The van der Waals surface area contributed by atoms with Gasteiger partial charge in [0.25, 0.3) is 5.82 Å². The lowest BCUT2D eigenvalue weighted by molar-refractivity contribution is -0.704. The van der Waals surface area contributed by atoms with Crippen molar-refractivity contribution in [2.75, 3.05) is 0 Å². The molecule has 0 amide bonds. The van der Waals surface area contributed by atoms with E-state index >= 15 is 0 Å².